The highest BCUT2D eigenvalue weighted by molar-refractivity contribution is 5.99. The maximum Gasteiger partial charge on any atom is 0.253 e. The number of amides is 1. The molecule has 4 nitrogen and oxygen atoms in total. The van der Waals surface area contributed by atoms with Gasteiger partial charge in [0, 0.05) is 12.2 Å². The number of anilines is 1. The van der Waals surface area contributed by atoms with Crippen molar-refractivity contribution in [3.05, 3.63) is 29.6 Å². The van der Waals surface area contributed by atoms with Gasteiger partial charge in [-0.1, -0.05) is 0 Å². The normalized spacial score (nSPS) is 16.6. The van der Waals surface area contributed by atoms with E-state index in [0.29, 0.717) is 5.92 Å². The smallest absolute Gasteiger partial charge is 0.253 e. The van der Waals surface area contributed by atoms with Crippen LogP contribution in [0, 0.1) is 11.7 Å². The van der Waals surface area contributed by atoms with Crippen LogP contribution in [-0.2, 0) is 0 Å². The summed E-state index contributed by atoms with van der Waals surface area (Å²) in [6.45, 7) is 0.209. The number of aliphatic hydroxyl groups excluding tert-OH is 1. The van der Waals surface area contributed by atoms with Crippen molar-refractivity contribution in [1.82, 2.24) is 5.32 Å². The number of benzene rings is 1. The lowest BCUT2D eigenvalue weighted by molar-refractivity contribution is 0.0902. The number of halogens is 1. The zero-order valence-electron chi connectivity index (χ0n) is 9.32. The van der Waals surface area contributed by atoms with Gasteiger partial charge in [-0.05, 0) is 37.0 Å². The second-order valence-electron chi connectivity index (χ2n) is 4.35. The van der Waals surface area contributed by atoms with E-state index in [1.165, 1.54) is 12.1 Å². The fraction of sp³-hybridized carbons (Fsp3) is 0.417. The average Bonchev–Trinajstić information content (AvgIpc) is 3.09. The SMILES string of the molecule is Nc1cc(F)ccc1C(=O)NCC(O)C1CC1. The molecule has 0 aliphatic heterocycles. The molecule has 1 unspecified atom stereocenters. The van der Waals surface area contributed by atoms with Gasteiger partial charge in [0.15, 0.2) is 0 Å². The molecular weight excluding hydrogens is 223 g/mol. The van der Waals surface area contributed by atoms with E-state index >= 15 is 0 Å². The highest BCUT2D eigenvalue weighted by Gasteiger charge is 2.29. The van der Waals surface area contributed by atoms with Gasteiger partial charge in [0.05, 0.1) is 11.7 Å². The van der Waals surface area contributed by atoms with E-state index in [2.05, 4.69) is 5.32 Å². The average molecular weight is 238 g/mol. The van der Waals surface area contributed by atoms with Crippen LogP contribution in [0.1, 0.15) is 23.2 Å². The number of carbonyl (C=O) groups is 1. The summed E-state index contributed by atoms with van der Waals surface area (Å²) in [4.78, 5) is 11.7. The van der Waals surface area contributed by atoms with Crippen LogP contribution in [0.3, 0.4) is 0 Å². The predicted octanol–water partition coefficient (Wildman–Crippen LogP) is 0.909. The monoisotopic (exact) mass is 238 g/mol. The molecule has 92 valence electrons. The molecule has 0 aromatic heterocycles. The van der Waals surface area contributed by atoms with Crippen molar-refractivity contribution in [3.8, 4) is 0 Å². The molecule has 1 saturated carbocycles. The van der Waals surface area contributed by atoms with Crippen LogP contribution in [-0.4, -0.2) is 23.7 Å². The number of rotatable bonds is 4. The summed E-state index contributed by atoms with van der Waals surface area (Å²) in [6.07, 6.45) is 1.52. The fourth-order valence-corrected chi connectivity index (χ4v) is 1.68. The molecule has 0 saturated heterocycles. The molecule has 0 spiro atoms. The molecule has 0 radical (unpaired) electrons. The summed E-state index contributed by atoms with van der Waals surface area (Å²) in [6, 6.07) is 3.62. The maximum atomic E-state index is 12.8. The van der Waals surface area contributed by atoms with Crippen molar-refractivity contribution < 1.29 is 14.3 Å². The van der Waals surface area contributed by atoms with Crippen LogP contribution in [0.5, 0.6) is 0 Å². The molecule has 1 aliphatic carbocycles. The first-order chi connectivity index (χ1) is 8.08. The predicted molar refractivity (Wildman–Crippen MR) is 61.9 cm³/mol. The Kier molecular flexibility index (Phi) is 3.28. The van der Waals surface area contributed by atoms with E-state index in [1.54, 1.807) is 0 Å². The lowest BCUT2D eigenvalue weighted by atomic mass is 10.1. The lowest BCUT2D eigenvalue weighted by Crippen LogP contribution is -2.33. The van der Waals surface area contributed by atoms with Crippen molar-refractivity contribution in [2.75, 3.05) is 12.3 Å². The molecule has 0 bridgehead atoms. The first-order valence-electron chi connectivity index (χ1n) is 5.59. The minimum atomic E-state index is -0.499. The minimum Gasteiger partial charge on any atom is -0.398 e. The topological polar surface area (TPSA) is 75.4 Å². The number of nitrogens with two attached hydrogens (primary N) is 1. The first kappa shape index (κ1) is 11.9. The molecule has 2 rings (SSSR count). The van der Waals surface area contributed by atoms with E-state index < -0.39 is 11.9 Å². The second-order valence-corrected chi connectivity index (χ2v) is 4.35. The highest BCUT2D eigenvalue weighted by atomic mass is 19.1. The van der Waals surface area contributed by atoms with E-state index in [4.69, 9.17) is 5.73 Å². The summed E-state index contributed by atoms with van der Waals surface area (Å²) in [7, 11) is 0. The van der Waals surface area contributed by atoms with Gasteiger partial charge in [-0.2, -0.15) is 0 Å². The van der Waals surface area contributed by atoms with Crippen LogP contribution in [0.4, 0.5) is 10.1 Å². The van der Waals surface area contributed by atoms with Crippen LogP contribution in [0.2, 0.25) is 0 Å². The lowest BCUT2D eigenvalue weighted by Gasteiger charge is -2.11. The third kappa shape index (κ3) is 2.94. The van der Waals surface area contributed by atoms with Gasteiger partial charge < -0.3 is 16.2 Å². The molecule has 5 heteroatoms. The molecular formula is C12H15FN2O2. The van der Waals surface area contributed by atoms with Gasteiger partial charge in [-0.3, -0.25) is 4.79 Å². The number of carbonyl (C=O) groups excluding carboxylic acids is 1. The van der Waals surface area contributed by atoms with Gasteiger partial charge in [0.25, 0.3) is 5.91 Å². The Bertz CT molecular complexity index is 433. The zero-order valence-corrected chi connectivity index (χ0v) is 9.32. The van der Waals surface area contributed by atoms with Gasteiger partial charge in [0.2, 0.25) is 0 Å². The molecule has 1 aliphatic rings. The molecule has 0 heterocycles. The van der Waals surface area contributed by atoms with Crippen molar-refractivity contribution in [3.63, 3.8) is 0 Å². The van der Waals surface area contributed by atoms with E-state index in [0.717, 1.165) is 18.9 Å². The summed E-state index contributed by atoms with van der Waals surface area (Å²) in [5.74, 6) is -0.555. The molecule has 1 amide bonds. The standard InChI is InChI=1S/C12H15FN2O2/c13-8-3-4-9(10(14)5-8)12(17)15-6-11(16)7-1-2-7/h3-5,7,11,16H,1-2,6,14H2,(H,15,17). The van der Waals surface area contributed by atoms with Gasteiger partial charge in [-0.25, -0.2) is 4.39 Å². The van der Waals surface area contributed by atoms with E-state index in [-0.39, 0.29) is 23.7 Å². The van der Waals surface area contributed by atoms with Crippen molar-refractivity contribution in [2.24, 2.45) is 5.92 Å². The number of aliphatic hydroxyl groups is 1. The number of nitrogens with one attached hydrogen (secondary N) is 1. The largest absolute Gasteiger partial charge is 0.398 e. The minimum absolute atomic E-state index is 0.100. The summed E-state index contributed by atoms with van der Waals surface area (Å²) >= 11 is 0. The third-order valence-electron chi connectivity index (χ3n) is 2.90. The van der Waals surface area contributed by atoms with E-state index in [9.17, 15) is 14.3 Å². The van der Waals surface area contributed by atoms with Crippen molar-refractivity contribution >= 4 is 11.6 Å². The third-order valence-corrected chi connectivity index (χ3v) is 2.90. The Morgan fingerprint density at radius 3 is 2.88 bits per heavy atom. The van der Waals surface area contributed by atoms with E-state index in [1.807, 2.05) is 0 Å². The van der Waals surface area contributed by atoms with Crippen LogP contribution < -0.4 is 11.1 Å². The Balaban J connectivity index is 1.94. The van der Waals surface area contributed by atoms with Crippen molar-refractivity contribution in [2.45, 2.75) is 18.9 Å². The summed E-state index contributed by atoms with van der Waals surface area (Å²) < 4.78 is 12.8. The number of hydrogen-bond donors (Lipinski definition) is 3. The molecule has 1 aromatic rings. The molecule has 1 atom stereocenters. The number of nitrogen functional groups attached to an aromatic ring is 1. The zero-order chi connectivity index (χ0) is 12.4. The quantitative estimate of drug-likeness (QED) is 0.682. The molecule has 4 N–H and O–H groups in total. The van der Waals surface area contributed by atoms with Gasteiger partial charge in [-0.15, -0.1) is 0 Å². The van der Waals surface area contributed by atoms with Crippen LogP contribution >= 0.6 is 0 Å². The van der Waals surface area contributed by atoms with Gasteiger partial charge >= 0.3 is 0 Å². The highest BCUT2D eigenvalue weighted by Crippen LogP contribution is 2.32. The maximum absolute atomic E-state index is 12.8. The molecule has 17 heavy (non-hydrogen) atoms. The Labute approximate surface area is 98.6 Å². The number of hydrogen-bond acceptors (Lipinski definition) is 3. The van der Waals surface area contributed by atoms with Crippen LogP contribution in [0.25, 0.3) is 0 Å². The fourth-order valence-electron chi connectivity index (χ4n) is 1.68. The second kappa shape index (κ2) is 4.71. The van der Waals surface area contributed by atoms with Gasteiger partial charge in [0.1, 0.15) is 5.82 Å². The van der Waals surface area contributed by atoms with Crippen molar-refractivity contribution in [1.29, 1.82) is 0 Å². The molecule has 1 fully saturated rings. The summed E-state index contributed by atoms with van der Waals surface area (Å²) in [5, 5.41) is 12.2. The Morgan fingerprint density at radius 2 is 2.29 bits per heavy atom. The first-order valence-corrected chi connectivity index (χ1v) is 5.59. The molecule has 1 aromatic carbocycles. The summed E-state index contributed by atoms with van der Waals surface area (Å²) in [5.41, 5.74) is 5.87. The Hall–Kier alpha value is -1.62. The van der Waals surface area contributed by atoms with Crippen LogP contribution in [0.15, 0.2) is 18.2 Å². The Morgan fingerprint density at radius 1 is 1.59 bits per heavy atom.